The summed E-state index contributed by atoms with van der Waals surface area (Å²) < 4.78 is 0. The lowest BCUT2D eigenvalue weighted by molar-refractivity contribution is 0.193. The average Bonchev–Trinajstić information content (AvgIpc) is 2.20. The predicted molar refractivity (Wildman–Crippen MR) is 58.0 cm³/mol. The first-order valence-corrected chi connectivity index (χ1v) is 5.74. The molecule has 0 saturated carbocycles. The molecule has 1 atom stereocenters. The molecule has 0 radical (unpaired) electrons. The molecule has 1 aliphatic heterocycles. The quantitative estimate of drug-likeness (QED) is 0.636. The van der Waals surface area contributed by atoms with Crippen LogP contribution in [0.3, 0.4) is 0 Å². The van der Waals surface area contributed by atoms with Gasteiger partial charge in [-0.3, -0.25) is 0 Å². The van der Waals surface area contributed by atoms with Gasteiger partial charge in [-0.2, -0.15) is 0 Å². The van der Waals surface area contributed by atoms with Crippen molar-refractivity contribution in [2.45, 2.75) is 39.5 Å². The number of hydrogen-bond acceptors (Lipinski definition) is 2. The minimum atomic E-state index is 0.549. The molecule has 0 aromatic carbocycles. The Morgan fingerprint density at radius 1 is 1.38 bits per heavy atom. The fourth-order valence-corrected chi connectivity index (χ4v) is 2.14. The van der Waals surface area contributed by atoms with Gasteiger partial charge in [-0.15, -0.1) is 0 Å². The van der Waals surface area contributed by atoms with Crippen LogP contribution >= 0.6 is 0 Å². The third-order valence-corrected chi connectivity index (χ3v) is 3.24. The van der Waals surface area contributed by atoms with Gasteiger partial charge in [0.2, 0.25) is 0 Å². The molecule has 1 heterocycles. The lowest BCUT2D eigenvalue weighted by Crippen LogP contribution is -2.46. The third kappa shape index (κ3) is 3.28. The van der Waals surface area contributed by atoms with Crippen LogP contribution in [0.15, 0.2) is 0 Å². The lowest BCUT2D eigenvalue weighted by Gasteiger charge is -2.37. The highest BCUT2D eigenvalue weighted by Crippen LogP contribution is 2.28. The molecule has 2 N–H and O–H groups in total. The topological polar surface area (TPSA) is 24.1 Å². The summed E-state index contributed by atoms with van der Waals surface area (Å²) in [4.78, 5) is 0. The van der Waals surface area contributed by atoms with Crippen LogP contribution in [0.4, 0.5) is 0 Å². The van der Waals surface area contributed by atoms with Gasteiger partial charge in [0.25, 0.3) is 0 Å². The van der Waals surface area contributed by atoms with Gasteiger partial charge in [-0.25, -0.2) is 0 Å². The van der Waals surface area contributed by atoms with E-state index in [1.165, 1.54) is 51.9 Å². The van der Waals surface area contributed by atoms with Crippen molar-refractivity contribution >= 4 is 0 Å². The van der Waals surface area contributed by atoms with Crippen LogP contribution in [-0.4, -0.2) is 26.2 Å². The maximum atomic E-state index is 3.56. The van der Waals surface area contributed by atoms with Crippen molar-refractivity contribution in [1.29, 1.82) is 0 Å². The molecular formula is C11H24N2. The molecule has 78 valence electrons. The van der Waals surface area contributed by atoms with Gasteiger partial charge in [-0.05, 0) is 44.2 Å². The first kappa shape index (κ1) is 11.0. The van der Waals surface area contributed by atoms with Crippen molar-refractivity contribution in [3.63, 3.8) is 0 Å². The average molecular weight is 184 g/mol. The molecule has 1 aliphatic rings. The van der Waals surface area contributed by atoms with Crippen molar-refractivity contribution in [2.75, 3.05) is 26.2 Å². The fraction of sp³-hybridized carbons (Fsp3) is 1.00. The van der Waals surface area contributed by atoms with Crippen LogP contribution in [0, 0.1) is 5.41 Å². The highest BCUT2D eigenvalue weighted by Gasteiger charge is 2.29. The summed E-state index contributed by atoms with van der Waals surface area (Å²) in [5.41, 5.74) is 0.549. The van der Waals surface area contributed by atoms with Gasteiger partial charge < -0.3 is 10.6 Å². The zero-order valence-corrected chi connectivity index (χ0v) is 9.16. The van der Waals surface area contributed by atoms with Gasteiger partial charge in [-0.1, -0.05) is 13.8 Å². The molecule has 0 bridgehead atoms. The highest BCUT2D eigenvalue weighted by molar-refractivity contribution is 4.86. The molecule has 0 aromatic rings. The molecule has 0 aromatic heterocycles. The molecule has 1 unspecified atom stereocenters. The third-order valence-electron chi connectivity index (χ3n) is 3.24. The molecule has 2 heteroatoms. The molecule has 1 fully saturated rings. The molecule has 13 heavy (non-hydrogen) atoms. The van der Waals surface area contributed by atoms with E-state index in [1.54, 1.807) is 0 Å². The smallest absolute Gasteiger partial charge is 0.00199 e. The lowest BCUT2D eigenvalue weighted by atomic mass is 9.78. The van der Waals surface area contributed by atoms with Gasteiger partial charge in [0.05, 0.1) is 0 Å². The zero-order valence-electron chi connectivity index (χ0n) is 9.16. The van der Waals surface area contributed by atoms with Gasteiger partial charge in [0, 0.05) is 13.1 Å². The highest BCUT2D eigenvalue weighted by atomic mass is 14.9. The maximum Gasteiger partial charge on any atom is 0.00199 e. The summed E-state index contributed by atoms with van der Waals surface area (Å²) in [6, 6.07) is 0. The van der Waals surface area contributed by atoms with E-state index in [0.717, 1.165) is 0 Å². The van der Waals surface area contributed by atoms with E-state index in [0.29, 0.717) is 5.41 Å². The molecule has 0 amide bonds. The zero-order chi connectivity index (χ0) is 9.57. The standard InChI is InChI=1S/C11H24N2/c1-3-7-12-9-11(4-2)6-5-8-13-10-11/h12-13H,3-10H2,1-2H3. The van der Waals surface area contributed by atoms with E-state index in [1.807, 2.05) is 0 Å². The Bertz CT molecular complexity index is 128. The van der Waals surface area contributed by atoms with Crippen LogP contribution < -0.4 is 10.6 Å². The van der Waals surface area contributed by atoms with Crippen LogP contribution in [0.25, 0.3) is 0 Å². The molecular weight excluding hydrogens is 160 g/mol. The van der Waals surface area contributed by atoms with Gasteiger partial charge in [0.1, 0.15) is 0 Å². The molecule has 0 aliphatic carbocycles. The second-order valence-corrected chi connectivity index (χ2v) is 4.31. The minimum absolute atomic E-state index is 0.549. The summed E-state index contributed by atoms with van der Waals surface area (Å²) in [5, 5.41) is 7.07. The van der Waals surface area contributed by atoms with E-state index in [-0.39, 0.29) is 0 Å². The Balaban J connectivity index is 2.29. The van der Waals surface area contributed by atoms with Crippen molar-refractivity contribution in [3.05, 3.63) is 0 Å². The van der Waals surface area contributed by atoms with Crippen LogP contribution in [0.2, 0.25) is 0 Å². The summed E-state index contributed by atoms with van der Waals surface area (Å²) in [7, 11) is 0. The van der Waals surface area contributed by atoms with Crippen molar-refractivity contribution in [3.8, 4) is 0 Å². The number of piperidine rings is 1. The number of rotatable bonds is 5. The van der Waals surface area contributed by atoms with Crippen LogP contribution in [0.1, 0.15) is 39.5 Å². The van der Waals surface area contributed by atoms with Crippen LogP contribution in [-0.2, 0) is 0 Å². The Hall–Kier alpha value is -0.0800. The number of nitrogens with one attached hydrogen (secondary N) is 2. The minimum Gasteiger partial charge on any atom is -0.316 e. The van der Waals surface area contributed by atoms with Crippen LogP contribution in [0.5, 0.6) is 0 Å². The molecule has 2 nitrogen and oxygen atoms in total. The van der Waals surface area contributed by atoms with Gasteiger partial charge >= 0.3 is 0 Å². The summed E-state index contributed by atoms with van der Waals surface area (Å²) in [6.45, 7) is 9.34. The van der Waals surface area contributed by atoms with E-state index >= 15 is 0 Å². The Morgan fingerprint density at radius 2 is 2.23 bits per heavy atom. The second-order valence-electron chi connectivity index (χ2n) is 4.31. The summed E-state index contributed by atoms with van der Waals surface area (Å²) in [6.07, 6.45) is 5.29. The first-order chi connectivity index (χ1) is 6.33. The predicted octanol–water partition coefficient (Wildman–Crippen LogP) is 1.77. The fourth-order valence-electron chi connectivity index (χ4n) is 2.14. The maximum absolute atomic E-state index is 3.56. The molecule has 1 saturated heterocycles. The van der Waals surface area contributed by atoms with E-state index < -0.39 is 0 Å². The van der Waals surface area contributed by atoms with E-state index in [2.05, 4.69) is 24.5 Å². The van der Waals surface area contributed by atoms with Crippen molar-refractivity contribution < 1.29 is 0 Å². The SMILES string of the molecule is CCCNCC1(CC)CCCNC1. The van der Waals surface area contributed by atoms with E-state index in [4.69, 9.17) is 0 Å². The van der Waals surface area contributed by atoms with E-state index in [9.17, 15) is 0 Å². The Morgan fingerprint density at radius 3 is 2.77 bits per heavy atom. The Kier molecular flexibility index (Phi) is 4.74. The molecule has 1 rings (SSSR count). The van der Waals surface area contributed by atoms with Gasteiger partial charge in [0.15, 0.2) is 0 Å². The van der Waals surface area contributed by atoms with Crippen molar-refractivity contribution in [2.24, 2.45) is 5.41 Å². The number of hydrogen-bond donors (Lipinski definition) is 2. The summed E-state index contributed by atoms with van der Waals surface area (Å²) in [5.74, 6) is 0. The Labute approximate surface area is 82.5 Å². The normalized spacial score (nSPS) is 29.1. The first-order valence-electron chi connectivity index (χ1n) is 5.74. The second kappa shape index (κ2) is 5.61. The van der Waals surface area contributed by atoms with Crippen molar-refractivity contribution in [1.82, 2.24) is 10.6 Å². The largest absolute Gasteiger partial charge is 0.316 e. The monoisotopic (exact) mass is 184 g/mol. The molecule has 0 spiro atoms. The summed E-state index contributed by atoms with van der Waals surface area (Å²) >= 11 is 0.